The number of hydrogen-bond donors (Lipinski definition) is 1. The highest BCUT2D eigenvalue weighted by Crippen LogP contribution is 2.29. The Balaban J connectivity index is 1.57. The van der Waals surface area contributed by atoms with Crippen molar-refractivity contribution in [1.82, 2.24) is 9.21 Å². The van der Waals surface area contributed by atoms with E-state index < -0.39 is 15.6 Å². The van der Waals surface area contributed by atoms with Crippen LogP contribution >= 0.6 is 11.3 Å². The average molecular weight is 500 g/mol. The van der Waals surface area contributed by atoms with E-state index in [0.717, 1.165) is 24.3 Å². The summed E-state index contributed by atoms with van der Waals surface area (Å²) in [5.41, 5.74) is 2.22. The van der Waals surface area contributed by atoms with Gasteiger partial charge in [-0.3, -0.25) is 0 Å². The van der Waals surface area contributed by atoms with Gasteiger partial charge in [-0.2, -0.15) is 4.31 Å². The fraction of sp³-hybridized carbons (Fsp3) is 0.385. The van der Waals surface area contributed by atoms with Crippen LogP contribution in [0.15, 0.2) is 76.3 Å². The van der Waals surface area contributed by atoms with Crippen LogP contribution in [0.3, 0.4) is 0 Å². The topological polar surface area (TPSA) is 64.1 Å². The van der Waals surface area contributed by atoms with Gasteiger partial charge in [0.2, 0.25) is 0 Å². The number of nitrogens with zero attached hydrogens (tertiary/aromatic N) is 3. The van der Waals surface area contributed by atoms with Crippen molar-refractivity contribution in [3.05, 3.63) is 83.2 Å². The molecule has 1 aromatic heterocycles. The molecule has 1 atom stereocenters. The van der Waals surface area contributed by atoms with Crippen molar-refractivity contribution in [2.24, 2.45) is 0 Å². The molecule has 2 heterocycles. The Hall–Kier alpha value is -2.23. The van der Waals surface area contributed by atoms with Gasteiger partial charge in [0.05, 0.1) is 11.6 Å². The van der Waals surface area contributed by atoms with Crippen molar-refractivity contribution in [2.75, 3.05) is 38.1 Å². The number of piperazine rings is 1. The summed E-state index contributed by atoms with van der Waals surface area (Å²) < 4.78 is 28.5. The van der Waals surface area contributed by atoms with Gasteiger partial charge in [-0.1, -0.05) is 48.5 Å². The summed E-state index contributed by atoms with van der Waals surface area (Å²) in [5.74, 6) is 0. The van der Waals surface area contributed by atoms with Crippen molar-refractivity contribution >= 4 is 27.0 Å². The summed E-state index contributed by atoms with van der Waals surface area (Å²) in [6, 6.07) is 21.7. The summed E-state index contributed by atoms with van der Waals surface area (Å²) in [7, 11) is -1.43. The fourth-order valence-corrected chi connectivity index (χ4v) is 7.07. The number of anilines is 1. The van der Waals surface area contributed by atoms with Crippen LogP contribution in [0, 0.1) is 0 Å². The predicted molar refractivity (Wildman–Crippen MR) is 139 cm³/mol. The number of likely N-dealkylation sites (N-methyl/N-ethyl adjacent to an activating group) is 1. The molecule has 6 nitrogen and oxygen atoms in total. The summed E-state index contributed by atoms with van der Waals surface area (Å²) >= 11 is 1.26. The lowest BCUT2D eigenvalue weighted by molar-refractivity contribution is 0.0786. The summed E-state index contributed by atoms with van der Waals surface area (Å²) in [6.07, 6.45) is 0. The first-order valence-electron chi connectivity index (χ1n) is 11.5. The highest BCUT2D eigenvalue weighted by atomic mass is 32.2. The molecule has 0 radical (unpaired) electrons. The lowest BCUT2D eigenvalue weighted by Gasteiger charge is -2.43. The van der Waals surface area contributed by atoms with E-state index in [1.807, 2.05) is 42.5 Å². The third kappa shape index (κ3) is 5.70. The Morgan fingerprint density at radius 2 is 1.74 bits per heavy atom. The van der Waals surface area contributed by atoms with Gasteiger partial charge in [0.25, 0.3) is 10.0 Å². The number of thiophene rings is 1. The SMILES string of the molecule is CN(Cc1ccccc1)C[C@@H]1CN(S(=O)(=O)c2cccs2)CCN1c1ccc(C(C)(C)O)cc1. The molecule has 2 aromatic carbocycles. The van der Waals surface area contributed by atoms with Crippen LogP contribution in [0.25, 0.3) is 0 Å². The second kappa shape index (κ2) is 10.2. The van der Waals surface area contributed by atoms with Gasteiger partial charge in [0.1, 0.15) is 4.21 Å². The van der Waals surface area contributed by atoms with Crippen LogP contribution < -0.4 is 4.90 Å². The van der Waals surface area contributed by atoms with Crippen LogP contribution in [-0.4, -0.2) is 62.0 Å². The average Bonchev–Trinajstić information content (AvgIpc) is 3.35. The molecule has 1 aliphatic rings. The lowest BCUT2D eigenvalue weighted by atomic mass is 9.98. The van der Waals surface area contributed by atoms with Gasteiger partial charge in [-0.15, -0.1) is 11.3 Å². The quantitative estimate of drug-likeness (QED) is 0.508. The molecule has 3 aromatic rings. The molecule has 1 fully saturated rings. The highest BCUT2D eigenvalue weighted by molar-refractivity contribution is 7.91. The third-order valence-electron chi connectivity index (χ3n) is 6.26. The molecule has 4 rings (SSSR count). The minimum Gasteiger partial charge on any atom is -0.386 e. The second-order valence-corrected chi connectivity index (χ2v) is 12.5. The van der Waals surface area contributed by atoms with Gasteiger partial charge in [0, 0.05) is 38.4 Å². The van der Waals surface area contributed by atoms with E-state index >= 15 is 0 Å². The molecule has 0 saturated carbocycles. The fourth-order valence-electron chi connectivity index (χ4n) is 4.46. The van der Waals surface area contributed by atoms with E-state index in [2.05, 4.69) is 29.0 Å². The van der Waals surface area contributed by atoms with Crippen LogP contribution in [0.4, 0.5) is 5.69 Å². The molecule has 34 heavy (non-hydrogen) atoms. The number of sulfonamides is 1. The Labute approximate surface area is 207 Å². The van der Waals surface area contributed by atoms with Crippen LogP contribution in [0.1, 0.15) is 25.0 Å². The van der Waals surface area contributed by atoms with Crippen LogP contribution in [0.5, 0.6) is 0 Å². The van der Waals surface area contributed by atoms with E-state index in [1.54, 1.807) is 35.7 Å². The number of benzene rings is 2. The third-order valence-corrected chi connectivity index (χ3v) is 9.50. The Bertz CT molecular complexity index is 1160. The highest BCUT2D eigenvalue weighted by Gasteiger charge is 2.35. The molecular formula is C26H33N3O3S2. The normalized spacial score (nSPS) is 17.9. The Kier molecular flexibility index (Phi) is 7.45. The van der Waals surface area contributed by atoms with Gasteiger partial charge in [-0.25, -0.2) is 8.42 Å². The minimum absolute atomic E-state index is 0.00909. The van der Waals surface area contributed by atoms with Crippen LogP contribution in [0.2, 0.25) is 0 Å². The summed E-state index contributed by atoms with van der Waals surface area (Å²) in [5, 5.41) is 12.1. The summed E-state index contributed by atoms with van der Waals surface area (Å²) in [4.78, 5) is 4.55. The molecule has 0 amide bonds. The maximum Gasteiger partial charge on any atom is 0.252 e. The standard InChI is InChI=1S/C26H33N3O3S2/c1-26(2,30)22-11-13-23(14-12-22)29-16-15-28(34(31,32)25-10-7-17-33-25)20-24(29)19-27(3)18-21-8-5-4-6-9-21/h4-14,17,24,30H,15-16,18-20H2,1-3H3/t24-/m1/s1. The molecule has 1 saturated heterocycles. The monoisotopic (exact) mass is 499 g/mol. The maximum absolute atomic E-state index is 13.2. The predicted octanol–water partition coefficient (Wildman–Crippen LogP) is 3.99. The maximum atomic E-state index is 13.2. The largest absolute Gasteiger partial charge is 0.386 e. The molecular weight excluding hydrogens is 466 g/mol. The van der Waals surface area contributed by atoms with Crippen molar-refractivity contribution in [1.29, 1.82) is 0 Å². The Morgan fingerprint density at radius 1 is 1.03 bits per heavy atom. The van der Waals surface area contributed by atoms with Crippen LogP contribution in [-0.2, 0) is 22.2 Å². The number of rotatable bonds is 8. The molecule has 0 bridgehead atoms. The number of aliphatic hydroxyl groups is 1. The minimum atomic E-state index is -3.50. The molecule has 1 N–H and O–H groups in total. The Morgan fingerprint density at radius 3 is 2.35 bits per heavy atom. The molecule has 1 aliphatic heterocycles. The van der Waals surface area contributed by atoms with Gasteiger partial charge in [0.15, 0.2) is 0 Å². The van der Waals surface area contributed by atoms with Crippen molar-refractivity contribution < 1.29 is 13.5 Å². The van der Waals surface area contributed by atoms with Crippen molar-refractivity contribution in [3.63, 3.8) is 0 Å². The zero-order chi connectivity index (χ0) is 24.3. The first-order valence-corrected chi connectivity index (χ1v) is 13.8. The summed E-state index contributed by atoms with van der Waals surface area (Å²) in [6.45, 7) is 6.53. The van der Waals surface area contributed by atoms with Gasteiger partial charge < -0.3 is 14.9 Å². The molecule has 0 spiro atoms. The molecule has 8 heteroatoms. The van der Waals surface area contributed by atoms with E-state index in [1.165, 1.54) is 16.9 Å². The van der Waals surface area contributed by atoms with E-state index in [-0.39, 0.29) is 6.04 Å². The number of hydrogen-bond acceptors (Lipinski definition) is 6. The van der Waals surface area contributed by atoms with E-state index in [9.17, 15) is 13.5 Å². The first kappa shape index (κ1) is 24.9. The lowest BCUT2D eigenvalue weighted by Crippen LogP contribution is -2.58. The van der Waals surface area contributed by atoms with Gasteiger partial charge >= 0.3 is 0 Å². The smallest absolute Gasteiger partial charge is 0.252 e. The molecule has 0 unspecified atom stereocenters. The first-order chi connectivity index (χ1) is 16.1. The van der Waals surface area contributed by atoms with Crippen molar-refractivity contribution in [3.8, 4) is 0 Å². The van der Waals surface area contributed by atoms with Crippen molar-refractivity contribution in [2.45, 2.75) is 36.2 Å². The molecule has 0 aliphatic carbocycles. The molecule has 182 valence electrons. The van der Waals surface area contributed by atoms with E-state index in [0.29, 0.717) is 23.8 Å². The van der Waals surface area contributed by atoms with Gasteiger partial charge in [-0.05, 0) is 55.6 Å². The second-order valence-electron chi connectivity index (χ2n) is 9.43. The van der Waals surface area contributed by atoms with E-state index in [4.69, 9.17) is 0 Å². The zero-order valence-corrected chi connectivity index (χ0v) is 21.6. The zero-order valence-electron chi connectivity index (χ0n) is 20.0.